The third kappa shape index (κ3) is 5.43. The summed E-state index contributed by atoms with van der Waals surface area (Å²) in [5, 5.41) is 13.9. The van der Waals surface area contributed by atoms with E-state index in [2.05, 4.69) is 17.2 Å². The van der Waals surface area contributed by atoms with E-state index in [1.165, 1.54) is 16.7 Å². The number of hydrogen-bond acceptors (Lipinski definition) is 5. The van der Waals surface area contributed by atoms with Crippen molar-refractivity contribution in [1.82, 2.24) is 10.3 Å². The number of nitrogens with zero attached hydrogens (tertiary/aromatic N) is 1. The molecule has 0 aliphatic heterocycles. The van der Waals surface area contributed by atoms with Gasteiger partial charge in [-0.1, -0.05) is 31.5 Å². The molecule has 1 aromatic carbocycles. The van der Waals surface area contributed by atoms with Crippen LogP contribution >= 0.6 is 11.3 Å². The molecular weight excluding hydrogens is 328 g/mol. The molecule has 1 amide bonds. The SMILES string of the molecule is CCCCOCC(=O)NCc1cccc(-c2nc(C(=O)O)cs2)c1. The molecule has 2 aromatic rings. The standard InChI is InChI=1S/C17H20N2O4S/c1-2-3-7-23-10-15(20)18-9-12-5-4-6-13(8-12)16-19-14(11-24-16)17(21)22/h4-6,8,11H,2-3,7,9-10H2,1H3,(H,18,20)(H,21,22). The Labute approximate surface area is 144 Å². The van der Waals surface area contributed by atoms with Crippen LogP contribution in [0.4, 0.5) is 0 Å². The predicted octanol–water partition coefficient (Wildman–Crippen LogP) is 2.94. The van der Waals surface area contributed by atoms with E-state index in [-0.39, 0.29) is 18.2 Å². The summed E-state index contributed by atoms with van der Waals surface area (Å²) in [6.07, 6.45) is 1.98. The highest BCUT2D eigenvalue weighted by Gasteiger charge is 2.10. The molecule has 0 saturated carbocycles. The fourth-order valence-electron chi connectivity index (χ4n) is 1.98. The van der Waals surface area contributed by atoms with Crippen LogP contribution in [-0.4, -0.2) is 35.2 Å². The lowest BCUT2D eigenvalue weighted by Gasteiger charge is -2.07. The fourth-order valence-corrected chi connectivity index (χ4v) is 2.77. The van der Waals surface area contributed by atoms with Crippen LogP contribution in [0.25, 0.3) is 10.6 Å². The van der Waals surface area contributed by atoms with Gasteiger partial charge < -0.3 is 15.2 Å². The Morgan fingerprint density at radius 3 is 2.92 bits per heavy atom. The van der Waals surface area contributed by atoms with Crippen LogP contribution in [-0.2, 0) is 16.1 Å². The van der Waals surface area contributed by atoms with E-state index < -0.39 is 5.97 Å². The molecule has 6 nitrogen and oxygen atoms in total. The largest absolute Gasteiger partial charge is 0.476 e. The van der Waals surface area contributed by atoms with Gasteiger partial charge in [-0.05, 0) is 18.1 Å². The van der Waals surface area contributed by atoms with E-state index in [0.29, 0.717) is 18.2 Å². The Morgan fingerprint density at radius 2 is 2.21 bits per heavy atom. The fraction of sp³-hybridized carbons (Fsp3) is 0.353. The smallest absolute Gasteiger partial charge is 0.355 e. The van der Waals surface area contributed by atoms with Crippen molar-refractivity contribution >= 4 is 23.2 Å². The molecule has 1 aromatic heterocycles. The topological polar surface area (TPSA) is 88.5 Å². The van der Waals surface area contributed by atoms with Gasteiger partial charge in [0.1, 0.15) is 11.6 Å². The van der Waals surface area contributed by atoms with Crippen molar-refractivity contribution in [3.63, 3.8) is 0 Å². The van der Waals surface area contributed by atoms with Crippen LogP contribution in [0.15, 0.2) is 29.6 Å². The maximum Gasteiger partial charge on any atom is 0.355 e. The molecule has 0 bridgehead atoms. The molecule has 2 N–H and O–H groups in total. The molecular formula is C17H20N2O4S. The van der Waals surface area contributed by atoms with Gasteiger partial charge in [0.15, 0.2) is 5.69 Å². The van der Waals surface area contributed by atoms with Gasteiger partial charge in [-0.25, -0.2) is 9.78 Å². The zero-order valence-electron chi connectivity index (χ0n) is 13.4. The van der Waals surface area contributed by atoms with Crippen LogP contribution in [0.2, 0.25) is 0 Å². The highest BCUT2D eigenvalue weighted by Crippen LogP contribution is 2.24. The monoisotopic (exact) mass is 348 g/mol. The Kier molecular flexibility index (Phi) is 6.89. The molecule has 0 fully saturated rings. The number of amides is 1. The minimum atomic E-state index is -1.04. The minimum absolute atomic E-state index is 0.0398. The molecule has 0 aliphatic rings. The van der Waals surface area contributed by atoms with Gasteiger partial charge >= 0.3 is 5.97 Å². The van der Waals surface area contributed by atoms with E-state index in [1.807, 2.05) is 24.3 Å². The summed E-state index contributed by atoms with van der Waals surface area (Å²) in [4.78, 5) is 26.7. The second kappa shape index (κ2) is 9.14. The Hall–Kier alpha value is -2.25. The minimum Gasteiger partial charge on any atom is -0.476 e. The highest BCUT2D eigenvalue weighted by atomic mass is 32.1. The first-order valence-electron chi connectivity index (χ1n) is 7.72. The molecule has 0 spiro atoms. The van der Waals surface area contributed by atoms with Crippen LogP contribution in [0.1, 0.15) is 35.8 Å². The van der Waals surface area contributed by atoms with Crippen molar-refractivity contribution < 1.29 is 19.4 Å². The van der Waals surface area contributed by atoms with E-state index in [1.54, 1.807) is 0 Å². The summed E-state index contributed by atoms with van der Waals surface area (Å²) >= 11 is 1.28. The Bertz CT molecular complexity index is 699. The van der Waals surface area contributed by atoms with Crippen LogP contribution in [0.3, 0.4) is 0 Å². The number of carboxylic acid groups (broad SMARTS) is 1. The highest BCUT2D eigenvalue weighted by molar-refractivity contribution is 7.13. The number of thiazole rings is 1. The number of nitrogens with one attached hydrogen (secondary N) is 1. The van der Waals surface area contributed by atoms with Gasteiger partial charge in [-0.15, -0.1) is 11.3 Å². The summed E-state index contributed by atoms with van der Waals surface area (Å²) in [5.74, 6) is -1.19. The molecule has 128 valence electrons. The van der Waals surface area contributed by atoms with Crippen LogP contribution in [0.5, 0.6) is 0 Å². The quantitative estimate of drug-likeness (QED) is 0.680. The first kappa shape index (κ1) is 18.1. The molecule has 2 rings (SSSR count). The maximum atomic E-state index is 11.7. The zero-order chi connectivity index (χ0) is 17.4. The summed E-state index contributed by atoms with van der Waals surface area (Å²) in [7, 11) is 0. The lowest BCUT2D eigenvalue weighted by molar-refractivity contribution is -0.125. The second-order valence-electron chi connectivity index (χ2n) is 5.23. The Morgan fingerprint density at radius 1 is 1.38 bits per heavy atom. The number of unbranched alkanes of at least 4 members (excludes halogenated alkanes) is 1. The van der Waals surface area contributed by atoms with E-state index in [4.69, 9.17) is 9.84 Å². The first-order valence-corrected chi connectivity index (χ1v) is 8.60. The number of ether oxygens (including phenoxy) is 1. The third-order valence-electron chi connectivity index (χ3n) is 3.26. The molecule has 24 heavy (non-hydrogen) atoms. The molecule has 0 unspecified atom stereocenters. The summed E-state index contributed by atoms with van der Waals surface area (Å²) in [5.41, 5.74) is 1.79. The van der Waals surface area contributed by atoms with Crippen molar-refractivity contribution in [2.75, 3.05) is 13.2 Å². The molecule has 0 aliphatic carbocycles. The maximum absolute atomic E-state index is 11.7. The van der Waals surface area contributed by atoms with Crippen molar-refractivity contribution in [1.29, 1.82) is 0 Å². The average molecular weight is 348 g/mol. The molecule has 0 radical (unpaired) electrons. The number of carbonyl (C=O) groups is 2. The average Bonchev–Trinajstić information content (AvgIpc) is 3.08. The number of aromatic nitrogens is 1. The number of carbonyl (C=O) groups excluding carboxylic acids is 1. The number of benzene rings is 1. The van der Waals surface area contributed by atoms with Crippen molar-refractivity contribution in [3.05, 3.63) is 40.9 Å². The third-order valence-corrected chi connectivity index (χ3v) is 4.15. The van der Waals surface area contributed by atoms with Gasteiger partial charge in [-0.2, -0.15) is 0 Å². The second-order valence-corrected chi connectivity index (χ2v) is 6.08. The molecule has 0 atom stereocenters. The number of carboxylic acids is 1. The van der Waals surface area contributed by atoms with Gasteiger partial charge in [0.05, 0.1) is 0 Å². The van der Waals surface area contributed by atoms with Gasteiger partial charge in [-0.3, -0.25) is 4.79 Å². The number of hydrogen-bond donors (Lipinski definition) is 2. The van der Waals surface area contributed by atoms with Crippen molar-refractivity contribution in [3.8, 4) is 10.6 Å². The summed E-state index contributed by atoms with van der Waals surface area (Å²) in [6, 6.07) is 7.51. The Balaban J connectivity index is 1.90. The lowest BCUT2D eigenvalue weighted by Crippen LogP contribution is -2.27. The van der Waals surface area contributed by atoms with Crippen LogP contribution in [0, 0.1) is 0 Å². The van der Waals surface area contributed by atoms with E-state index >= 15 is 0 Å². The molecule has 0 saturated heterocycles. The van der Waals surface area contributed by atoms with Crippen molar-refractivity contribution in [2.24, 2.45) is 0 Å². The molecule has 7 heteroatoms. The van der Waals surface area contributed by atoms with E-state index in [0.717, 1.165) is 24.0 Å². The van der Waals surface area contributed by atoms with Gasteiger partial charge in [0, 0.05) is 24.1 Å². The number of aromatic carboxylic acids is 1. The van der Waals surface area contributed by atoms with E-state index in [9.17, 15) is 9.59 Å². The normalized spacial score (nSPS) is 10.5. The van der Waals surface area contributed by atoms with Gasteiger partial charge in [0.2, 0.25) is 5.91 Å². The van der Waals surface area contributed by atoms with Gasteiger partial charge in [0.25, 0.3) is 0 Å². The van der Waals surface area contributed by atoms with Crippen molar-refractivity contribution in [2.45, 2.75) is 26.3 Å². The summed E-state index contributed by atoms with van der Waals surface area (Å²) in [6.45, 7) is 3.11. The summed E-state index contributed by atoms with van der Waals surface area (Å²) < 4.78 is 5.27. The first-order chi connectivity index (χ1) is 11.6. The van der Waals surface area contributed by atoms with Crippen LogP contribution < -0.4 is 5.32 Å². The zero-order valence-corrected chi connectivity index (χ0v) is 14.3. The molecule has 1 heterocycles. The predicted molar refractivity (Wildman–Crippen MR) is 92.1 cm³/mol. The number of rotatable bonds is 9. The lowest BCUT2D eigenvalue weighted by atomic mass is 10.1.